The lowest BCUT2D eigenvalue weighted by molar-refractivity contribution is 0.0754. The maximum Gasteiger partial charge on any atom is 0.256 e. The highest BCUT2D eigenvalue weighted by molar-refractivity contribution is 5.93. The smallest absolute Gasteiger partial charge is 0.256 e. The van der Waals surface area contributed by atoms with Crippen molar-refractivity contribution >= 4 is 11.9 Å². The van der Waals surface area contributed by atoms with E-state index in [-0.39, 0.29) is 5.91 Å². The normalized spacial score (nSPS) is 13.0. The quantitative estimate of drug-likeness (QED) is 0.680. The average Bonchev–Trinajstić information content (AvgIpc) is 2.77. The zero-order valence-electron chi connectivity index (χ0n) is 17.8. The molecule has 0 radical (unpaired) electrons. The molecule has 1 aromatic heterocycles. The Balaban J connectivity index is 1.75. The van der Waals surface area contributed by atoms with Gasteiger partial charge in [0.05, 0.1) is 19.8 Å². The summed E-state index contributed by atoms with van der Waals surface area (Å²) >= 11 is 0. The van der Waals surface area contributed by atoms with Gasteiger partial charge in [-0.15, -0.1) is 0 Å². The third kappa shape index (κ3) is 4.60. The van der Waals surface area contributed by atoms with Crippen LogP contribution in [0.1, 0.15) is 48.2 Å². The van der Waals surface area contributed by atoms with E-state index in [0.717, 1.165) is 50.4 Å². The molecule has 0 spiro atoms. The van der Waals surface area contributed by atoms with Crippen molar-refractivity contribution in [1.82, 2.24) is 14.9 Å². The third-order valence-corrected chi connectivity index (χ3v) is 5.16. The highest BCUT2D eigenvalue weighted by Gasteiger charge is 2.22. The van der Waals surface area contributed by atoms with Gasteiger partial charge in [-0.1, -0.05) is 13.8 Å². The Morgan fingerprint density at radius 3 is 2.17 bits per heavy atom. The Bertz CT molecular complexity index is 833. The van der Waals surface area contributed by atoms with Gasteiger partial charge in [-0.05, 0) is 42.5 Å². The van der Waals surface area contributed by atoms with Crippen LogP contribution in [0.3, 0.4) is 0 Å². The Morgan fingerprint density at radius 2 is 1.62 bits per heavy atom. The minimum Gasteiger partial charge on any atom is -0.493 e. The molecular formula is C22H30N4O3. The SMILES string of the molecule is CCCN(CCC)C(=O)c1cnc(N2CCc3cc(OC)c(OC)cc3C2)nc1. The van der Waals surface area contributed by atoms with Crippen LogP contribution in [-0.2, 0) is 13.0 Å². The fourth-order valence-corrected chi connectivity index (χ4v) is 3.69. The number of anilines is 1. The molecule has 0 bridgehead atoms. The van der Waals surface area contributed by atoms with Gasteiger partial charge in [0, 0.05) is 38.6 Å². The number of rotatable bonds is 8. The van der Waals surface area contributed by atoms with E-state index in [9.17, 15) is 4.79 Å². The summed E-state index contributed by atoms with van der Waals surface area (Å²) in [6.07, 6.45) is 6.04. The van der Waals surface area contributed by atoms with Crippen LogP contribution in [0.15, 0.2) is 24.5 Å². The van der Waals surface area contributed by atoms with Crippen molar-refractivity contribution < 1.29 is 14.3 Å². The molecule has 3 rings (SSSR count). The first-order valence-electron chi connectivity index (χ1n) is 10.2. The van der Waals surface area contributed by atoms with Crippen LogP contribution in [0.2, 0.25) is 0 Å². The van der Waals surface area contributed by atoms with Crippen LogP contribution in [0, 0.1) is 0 Å². The van der Waals surface area contributed by atoms with E-state index in [0.29, 0.717) is 18.1 Å². The van der Waals surface area contributed by atoms with E-state index >= 15 is 0 Å². The maximum atomic E-state index is 12.7. The predicted octanol–water partition coefficient (Wildman–Crippen LogP) is 3.32. The molecular weight excluding hydrogens is 368 g/mol. The Hall–Kier alpha value is -2.83. The molecule has 2 aromatic rings. The second-order valence-electron chi connectivity index (χ2n) is 7.21. The number of nitrogens with zero attached hydrogens (tertiary/aromatic N) is 4. The lowest BCUT2D eigenvalue weighted by atomic mass is 9.99. The Labute approximate surface area is 172 Å². The fraction of sp³-hybridized carbons (Fsp3) is 0.500. The molecule has 0 atom stereocenters. The largest absolute Gasteiger partial charge is 0.493 e. The van der Waals surface area contributed by atoms with Crippen molar-refractivity contribution in [2.45, 2.75) is 39.7 Å². The van der Waals surface area contributed by atoms with Gasteiger partial charge in [0.25, 0.3) is 5.91 Å². The van der Waals surface area contributed by atoms with E-state index < -0.39 is 0 Å². The van der Waals surface area contributed by atoms with Crippen LogP contribution in [0.4, 0.5) is 5.95 Å². The molecule has 0 unspecified atom stereocenters. The van der Waals surface area contributed by atoms with Gasteiger partial charge in [0.2, 0.25) is 5.95 Å². The molecule has 29 heavy (non-hydrogen) atoms. The fourth-order valence-electron chi connectivity index (χ4n) is 3.69. The Kier molecular flexibility index (Phi) is 6.90. The highest BCUT2D eigenvalue weighted by Crippen LogP contribution is 2.33. The monoisotopic (exact) mass is 398 g/mol. The topological polar surface area (TPSA) is 67.8 Å². The highest BCUT2D eigenvalue weighted by atomic mass is 16.5. The van der Waals surface area contributed by atoms with Crippen molar-refractivity contribution in [3.63, 3.8) is 0 Å². The van der Waals surface area contributed by atoms with E-state index in [1.807, 2.05) is 17.0 Å². The lowest BCUT2D eigenvalue weighted by Crippen LogP contribution is -2.34. The number of aromatic nitrogens is 2. The molecule has 0 aliphatic carbocycles. The summed E-state index contributed by atoms with van der Waals surface area (Å²) in [5, 5.41) is 0. The molecule has 0 saturated carbocycles. The van der Waals surface area contributed by atoms with Gasteiger partial charge >= 0.3 is 0 Å². The van der Waals surface area contributed by atoms with Gasteiger partial charge in [-0.25, -0.2) is 9.97 Å². The zero-order chi connectivity index (χ0) is 20.8. The summed E-state index contributed by atoms with van der Waals surface area (Å²) < 4.78 is 10.8. The zero-order valence-corrected chi connectivity index (χ0v) is 17.8. The number of carbonyl (C=O) groups excluding carboxylic acids is 1. The van der Waals surface area contributed by atoms with Gasteiger partial charge in [0.1, 0.15) is 0 Å². The first-order chi connectivity index (χ1) is 14.1. The van der Waals surface area contributed by atoms with E-state index in [1.54, 1.807) is 26.6 Å². The number of amides is 1. The van der Waals surface area contributed by atoms with Crippen LogP contribution in [0.5, 0.6) is 11.5 Å². The summed E-state index contributed by atoms with van der Waals surface area (Å²) in [5.74, 6) is 2.12. The summed E-state index contributed by atoms with van der Waals surface area (Å²) in [5.41, 5.74) is 2.97. The van der Waals surface area contributed by atoms with E-state index in [2.05, 4.69) is 28.7 Å². The van der Waals surface area contributed by atoms with Crippen LogP contribution >= 0.6 is 0 Å². The van der Waals surface area contributed by atoms with Gasteiger partial charge in [-0.3, -0.25) is 4.79 Å². The third-order valence-electron chi connectivity index (χ3n) is 5.16. The molecule has 1 aliphatic heterocycles. The Morgan fingerprint density at radius 1 is 1.03 bits per heavy atom. The van der Waals surface area contributed by atoms with Gasteiger partial charge in [-0.2, -0.15) is 0 Å². The molecule has 0 saturated heterocycles. The van der Waals surface area contributed by atoms with Gasteiger partial charge < -0.3 is 19.3 Å². The van der Waals surface area contributed by atoms with Crippen molar-refractivity contribution in [2.24, 2.45) is 0 Å². The number of methoxy groups -OCH3 is 2. The van der Waals surface area contributed by atoms with Gasteiger partial charge in [0.15, 0.2) is 11.5 Å². The summed E-state index contributed by atoms with van der Waals surface area (Å²) in [7, 11) is 3.29. The average molecular weight is 399 g/mol. The van der Waals surface area contributed by atoms with Crippen molar-refractivity contribution in [3.8, 4) is 11.5 Å². The number of ether oxygens (including phenoxy) is 2. The van der Waals surface area contributed by atoms with Crippen LogP contribution in [-0.4, -0.2) is 54.6 Å². The lowest BCUT2D eigenvalue weighted by Gasteiger charge is -2.29. The predicted molar refractivity (Wildman–Crippen MR) is 113 cm³/mol. The standard InChI is InChI=1S/C22H30N4O3/c1-5-8-25(9-6-2)21(27)18-13-23-22(24-14-18)26-10-7-16-11-19(28-3)20(29-4)12-17(16)15-26/h11-14H,5-10,15H2,1-4H3. The first-order valence-corrected chi connectivity index (χ1v) is 10.2. The molecule has 0 N–H and O–H groups in total. The molecule has 0 fully saturated rings. The second-order valence-corrected chi connectivity index (χ2v) is 7.21. The maximum absolute atomic E-state index is 12.7. The molecule has 1 amide bonds. The van der Waals surface area contributed by atoms with Crippen molar-refractivity contribution in [2.75, 3.05) is 38.8 Å². The van der Waals surface area contributed by atoms with Crippen molar-refractivity contribution in [1.29, 1.82) is 0 Å². The molecule has 7 heteroatoms. The number of carbonyl (C=O) groups is 1. The number of benzene rings is 1. The van der Waals surface area contributed by atoms with Crippen LogP contribution < -0.4 is 14.4 Å². The summed E-state index contributed by atoms with van der Waals surface area (Å²) in [6, 6.07) is 4.07. The molecule has 156 valence electrons. The summed E-state index contributed by atoms with van der Waals surface area (Å²) in [6.45, 7) is 7.17. The minimum absolute atomic E-state index is 0.000992. The number of hydrogen-bond donors (Lipinski definition) is 0. The molecule has 1 aliphatic rings. The van der Waals surface area contributed by atoms with Crippen LogP contribution in [0.25, 0.3) is 0 Å². The second kappa shape index (κ2) is 9.58. The number of hydrogen-bond acceptors (Lipinski definition) is 6. The molecule has 2 heterocycles. The minimum atomic E-state index is 0.000992. The summed E-state index contributed by atoms with van der Waals surface area (Å²) in [4.78, 5) is 25.7. The van der Waals surface area contributed by atoms with E-state index in [1.165, 1.54) is 11.1 Å². The molecule has 7 nitrogen and oxygen atoms in total. The van der Waals surface area contributed by atoms with Crippen molar-refractivity contribution in [3.05, 3.63) is 41.2 Å². The first kappa shape index (κ1) is 20.9. The molecule has 1 aromatic carbocycles. The number of fused-ring (bicyclic) bond motifs is 1. The van der Waals surface area contributed by atoms with E-state index in [4.69, 9.17) is 9.47 Å².